The van der Waals surface area contributed by atoms with Crippen molar-refractivity contribution >= 4 is 5.91 Å². The maximum absolute atomic E-state index is 11.6. The summed E-state index contributed by atoms with van der Waals surface area (Å²) in [6, 6.07) is 9.64. The van der Waals surface area contributed by atoms with Gasteiger partial charge in [-0.2, -0.15) is 0 Å². The van der Waals surface area contributed by atoms with E-state index in [1.807, 2.05) is 37.3 Å². The molecule has 0 spiro atoms. The van der Waals surface area contributed by atoms with Crippen LogP contribution in [0.2, 0.25) is 0 Å². The van der Waals surface area contributed by atoms with Crippen molar-refractivity contribution in [3.05, 3.63) is 35.9 Å². The molecule has 80 valence electrons. The molecule has 1 heterocycles. The third kappa shape index (κ3) is 2.00. The Morgan fingerprint density at radius 3 is 2.73 bits per heavy atom. The summed E-state index contributed by atoms with van der Waals surface area (Å²) in [6.45, 7) is 2.49. The zero-order valence-electron chi connectivity index (χ0n) is 8.57. The van der Waals surface area contributed by atoms with E-state index in [1.54, 1.807) is 0 Å². The SMILES string of the molecule is CCOC1NNC(=O)C1c1ccccc1. The Labute approximate surface area is 88.6 Å². The first kappa shape index (κ1) is 10.1. The number of rotatable bonds is 3. The molecule has 1 aliphatic heterocycles. The van der Waals surface area contributed by atoms with Crippen LogP contribution in [-0.2, 0) is 9.53 Å². The van der Waals surface area contributed by atoms with Crippen molar-refractivity contribution in [1.29, 1.82) is 0 Å². The first-order valence-corrected chi connectivity index (χ1v) is 5.05. The van der Waals surface area contributed by atoms with Crippen LogP contribution < -0.4 is 10.9 Å². The van der Waals surface area contributed by atoms with Gasteiger partial charge in [0, 0.05) is 6.61 Å². The number of amides is 1. The van der Waals surface area contributed by atoms with Crippen molar-refractivity contribution in [2.75, 3.05) is 6.61 Å². The second kappa shape index (κ2) is 4.42. The van der Waals surface area contributed by atoms with Gasteiger partial charge >= 0.3 is 0 Å². The second-order valence-corrected chi connectivity index (χ2v) is 3.40. The largest absolute Gasteiger partial charge is 0.361 e. The van der Waals surface area contributed by atoms with Gasteiger partial charge in [0.1, 0.15) is 12.1 Å². The van der Waals surface area contributed by atoms with Crippen molar-refractivity contribution in [3.63, 3.8) is 0 Å². The van der Waals surface area contributed by atoms with Crippen LogP contribution in [-0.4, -0.2) is 18.7 Å². The van der Waals surface area contributed by atoms with Crippen LogP contribution in [0, 0.1) is 0 Å². The zero-order chi connectivity index (χ0) is 10.7. The molecule has 2 atom stereocenters. The maximum atomic E-state index is 11.6. The fraction of sp³-hybridized carbons (Fsp3) is 0.364. The molecule has 1 aromatic rings. The van der Waals surface area contributed by atoms with Gasteiger partial charge in [0.05, 0.1) is 0 Å². The molecule has 2 rings (SSSR count). The van der Waals surface area contributed by atoms with Crippen LogP contribution in [0.3, 0.4) is 0 Å². The van der Waals surface area contributed by atoms with Crippen molar-refractivity contribution < 1.29 is 9.53 Å². The molecular formula is C11H14N2O2. The lowest BCUT2D eigenvalue weighted by atomic mass is 9.98. The monoisotopic (exact) mass is 206 g/mol. The van der Waals surface area contributed by atoms with Gasteiger partial charge in [-0.25, -0.2) is 5.43 Å². The summed E-state index contributed by atoms with van der Waals surface area (Å²) in [6.07, 6.45) is -0.273. The van der Waals surface area contributed by atoms with Gasteiger partial charge in [0.15, 0.2) is 0 Å². The molecule has 2 N–H and O–H groups in total. The van der Waals surface area contributed by atoms with E-state index in [1.165, 1.54) is 0 Å². The van der Waals surface area contributed by atoms with Gasteiger partial charge in [-0.1, -0.05) is 30.3 Å². The Bertz CT molecular complexity index is 340. The van der Waals surface area contributed by atoms with Gasteiger partial charge in [0.2, 0.25) is 5.91 Å². The Hall–Kier alpha value is -1.39. The maximum Gasteiger partial charge on any atom is 0.245 e. The highest BCUT2D eigenvalue weighted by molar-refractivity contribution is 5.85. The standard InChI is InChI=1S/C11H14N2O2/c1-2-15-11-9(10(14)12-13-11)8-6-4-3-5-7-8/h3-7,9,11,13H,2H2,1H3,(H,12,14). The molecule has 2 unspecified atom stereocenters. The molecule has 1 fully saturated rings. The predicted molar refractivity (Wildman–Crippen MR) is 55.9 cm³/mol. The van der Waals surface area contributed by atoms with E-state index in [2.05, 4.69) is 10.9 Å². The first-order valence-electron chi connectivity index (χ1n) is 5.05. The normalized spacial score (nSPS) is 25.3. The van der Waals surface area contributed by atoms with Gasteiger partial charge < -0.3 is 4.74 Å². The lowest BCUT2D eigenvalue weighted by Gasteiger charge is -2.16. The average molecular weight is 206 g/mol. The van der Waals surface area contributed by atoms with Crippen LogP contribution in [0.4, 0.5) is 0 Å². The topological polar surface area (TPSA) is 50.4 Å². The molecule has 0 radical (unpaired) electrons. The number of carbonyl (C=O) groups is 1. The summed E-state index contributed by atoms with van der Waals surface area (Å²) < 4.78 is 5.45. The molecular weight excluding hydrogens is 192 g/mol. The van der Waals surface area contributed by atoms with E-state index < -0.39 is 0 Å². The van der Waals surface area contributed by atoms with Crippen molar-refractivity contribution in [2.24, 2.45) is 0 Å². The highest BCUT2D eigenvalue weighted by Crippen LogP contribution is 2.23. The van der Waals surface area contributed by atoms with Gasteiger partial charge in [-0.05, 0) is 12.5 Å². The fourth-order valence-corrected chi connectivity index (χ4v) is 1.74. The second-order valence-electron chi connectivity index (χ2n) is 3.40. The summed E-state index contributed by atoms with van der Waals surface area (Å²) in [5, 5.41) is 0. The fourth-order valence-electron chi connectivity index (χ4n) is 1.74. The summed E-state index contributed by atoms with van der Waals surface area (Å²) in [5.74, 6) is -0.300. The van der Waals surface area contributed by atoms with E-state index in [0.717, 1.165) is 5.56 Å². The molecule has 15 heavy (non-hydrogen) atoms. The molecule has 4 nitrogen and oxygen atoms in total. The number of ether oxygens (including phenoxy) is 1. The molecule has 1 amide bonds. The minimum absolute atomic E-state index is 0.0420. The predicted octanol–water partition coefficient (Wildman–Crippen LogP) is 0.767. The highest BCUT2D eigenvalue weighted by Gasteiger charge is 2.36. The molecule has 1 saturated heterocycles. The van der Waals surface area contributed by atoms with Crippen molar-refractivity contribution in [3.8, 4) is 0 Å². The lowest BCUT2D eigenvalue weighted by molar-refractivity contribution is -0.121. The van der Waals surface area contributed by atoms with Crippen LogP contribution in [0.15, 0.2) is 30.3 Å². The minimum atomic E-state index is -0.273. The third-order valence-electron chi connectivity index (χ3n) is 2.43. The van der Waals surface area contributed by atoms with Crippen LogP contribution >= 0.6 is 0 Å². The first-order chi connectivity index (χ1) is 7.33. The van der Waals surface area contributed by atoms with E-state index >= 15 is 0 Å². The zero-order valence-corrected chi connectivity index (χ0v) is 8.57. The number of carbonyl (C=O) groups excluding carboxylic acids is 1. The molecule has 0 aromatic heterocycles. The van der Waals surface area contributed by atoms with Crippen molar-refractivity contribution in [1.82, 2.24) is 10.9 Å². The Morgan fingerprint density at radius 1 is 1.33 bits per heavy atom. The number of hydrogen-bond donors (Lipinski definition) is 2. The number of nitrogens with one attached hydrogen (secondary N) is 2. The van der Waals surface area contributed by atoms with Gasteiger partial charge in [0.25, 0.3) is 0 Å². The van der Waals surface area contributed by atoms with E-state index in [0.29, 0.717) is 6.61 Å². The summed E-state index contributed by atoms with van der Waals surface area (Å²) >= 11 is 0. The summed E-state index contributed by atoms with van der Waals surface area (Å²) in [4.78, 5) is 11.6. The minimum Gasteiger partial charge on any atom is -0.361 e. The highest BCUT2D eigenvalue weighted by atomic mass is 16.5. The van der Waals surface area contributed by atoms with E-state index in [4.69, 9.17) is 4.74 Å². The summed E-state index contributed by atoms with van der Waals surface area (Å²) in [5.41, 5.74) is 6.39. The molecule has 1 aliphatic rings. The Morgan fingerprint density at radius 2 is 2.07 bits per heavy atom. The molecule has 0 saturated carbocycles. The number of hydrogen-bond acceptors (Lipinski definition) is 3. The quantitative estimate of drug-likeness (QED) is 0.768. The molecule has 1 aromatic carbocycles. The van der Waals surface area contributed by atoms with Crippen molar-refractivity contribution in [2.45, 2.75) is 19.1 Å². The Kier molecular flexibility index (Phi) is 2.99. The van der Waals surface area contributed by atoms with Gasteiger partial charge in [-0.3, -0.25) is 10.2 Å². The number of hydrazine groups is 1. The van der Waals surface area contributed by atoms with Crippen LogP contribution in [0.5, 0.6) is 0 Å². The molecule has 0 bridgehead atoms. The molecule has 0 aliphatic carbocycles. The lowest BCUT2D eigenvalue weighted by Crippen LogP contribution is -2.33. The summed E-state index contributed by atoms with van der Waals surface area (Å²) in [7, 11) is 0. The Balaban J connectivity index is 2.21. The number of benzene rings is 1. The van der Waals surface area contributed by atoms with Crippen LogP contribution in [0.25, 0.3) is 0 Å². The third-order valence-corrected chi connectivity index (χ3v) is 2.43. The van der Waals surface area contributed by atoms with E-state index in [9.17, 15) is 4.79 Å². The van der Waals surface area contributed by atoms with Crippen LogP contribution in [0.1, 0.15) is 18.4 Å². The average Bonchev–Trinajstić information content (AvgIpc) is 2.62. The van der Waals surface area contributed by atoms with Gasteiger partial charge in [-0.15, -0.1) is 0 Å². The van der Waals surface area contributed by atoms with E-state index in [-0.39, 0.29) is 18.1 Å². The smallest absolute Gasteiger partial charge is 0.245 e. The molecule has 4 heteroatoms.